The number of piperidine rings is 1. The minimum atomic E-state index is 0.300. The van der Waals surface area contributed by atoms with Crippen LogP contribution in [0.3, 0.4) is 0 Å². The zero-order valence-corrected chi connectivity index (χ0v) is 10.5. The molecule has 0 aliphatic carbocycles. The molecule has 1 aliphatic rings. The van der Waals surface area contributed by atoms with Crippen LogP contribution in [0.1, 0.15) is 24.8 Å². The maximum atomic E-state index is 9.04. The second-order valence-electron chi connectivity index (χ2n) is 5.01. The predicted molar refractivity (Wildman–Crippen MR) is 72.2 cm³/mol. The Kier molecular flexibility index (Phi) is 3.89. The number of hydrogen-bond acceptors (Lipinski definition) is 3. The predicted octanol–water partition coefficient (Wildman–Crippen LogP) is 2.18. The summed E-state index contributed by atoms with van der Waals surface area (Å²) >= 11 is 0. The summed E-state index contributed by atoms with van der Waals surface area (Å²) in [5.41, 5.74) is 9.23. The Hall–Kier alpha value is -1.22. The number of benzene rings is 1. The van der Waals surface area contributed by atoms with Gasteiger partial charge in [-0.25, -0.2) is 0 Å². The maximum absolute atomic E-state index is 9.04. The number of nitrogens with two attached hydrogens (primary N) is 1. The monoisotopic (exact) mass is 234 g/mol. The van der Waals surface area contributed by atoms with Gasteiger partial charge in [0.05, 0.1) is 0 Å². The fourth-order valence-electron chi connectivity index (χ4n) is 2.67. The van der Waals surface area contributed by atoms with Gasteiger partial charge < -0.3 is 15.7 Å². The molecule has 3 heteroatoms. The quantitative estimate of drug-likeness (QED) is 0.788. The summed E-state index contributed by atoms with van der Waals surface area (Å²) in [7, 11) is 0. The van der Waals surface area contributed by atoms with Crippen LogP contribution in [0, 0.1) is 12.8 Å². The summed E-state index contributed by atoms with van der Waals surface area (Å²) < 4.78 is 0. The number of hydrogen-bond donors (Lipinski definition) is 2. The van der Waals surface area contributed by atoms with Crippen LogP contribution in [0.25, 0.3) is 0 Å². The highest BCUT2D eigenvalue weighted by Crippen LogP contribution is 2.28. The first-order chi connectivity index (χ1) is 8.20. The van der Waals surface area contributed by atoms with Crippen molar-refractivity contribution in [2.45, 2.75) is 26.2 Å². The molecule has 1 aromatic rings. The number of nitrogen functional groups attached to an aromatic ring is 1. The van der Waals surface area contributed by atoms with E-state index < -0.39 is 0 Å². The van der Waals surface area contributed by atoms with Crippen LogP contribution in [0.5, 0.6) is 0 Å². The van der Waals surface area contributed by atoms with E-state index in [4.69, 9.17) is 10.8 Å². The van der Waals surface area contributed by atoms with Gasteiger partial charge in [0.15, 0.2) is 0 Å². The average Bonchev–Trinajstić information content (AvgIpc) is 2.33. The number of anilines is 2. The maximum Gasteiger partial charge on any atom is 0.0434 e. The molecule has 0 radical (unpaired) electrons. The van der Waals surface area contributed by atoms with Crippen molar-refractivity contribution in [2.24, 2.45) is 5.92 Å². The van der Waals surface area contributed by atoms with Gasteiger partial charge in [-0.15, -0.1) is 0 Å². The smallest absolute Gasteiger partial charge is 0.0434 e. The zero-order chi connectivity index (χ0) is 12.3. The zero-order valence-electron chi connectivity index (χ0n) is 10.5. The van der Waals surface area contributed by atoms with Crippen LogP contribution in [0.2, 0.25) is 0 Å². The first kappa shape index (κ1) is 12.2. The highest BCUT2D eigenvalue weighted by atomic mass is 16.3. The summed E-state index contributed by atoms with van der Waals surface area (Å²) in [6, 6.07) is 6.10. The molecule has 1 atom stereocenters. The lowest BCUT2D eigenvalue weighted by molar-refractivity contribution is 0.244. The molecule has 1 aromatic carbocycles. The van der Waals surface area contributed by atoms with Crippen LogP contribution >= 0.6 is 0 Å². The molecule has 1 saturated heterocycles. The van der Waals surface area contributed by atoms with Crippen LogP contribution in [0.4, 0.5) is 11.4 Å². The molecular formula is C14H22N2O. The van der Waals surface area contributed by atoms with Gasteiger partial charge in [-0.3, -0.25) is 0 Å². The molecule has 94 valence electrons. The van der Waals surface area contributed by atoms with Crippen LogP contribution < -0.4 is 10.6 Å². The van der Waals surface area contributed by atoms with Crippen molar-refractivity contribution in [3.8, 4) is 0 Å². The number of nitrogens with zero attached hydrogens (tertiary/aromatic N) is 1. The molecule has 17 heavy (non-hydrogen) atoms. The van der Waals surface area contributed by atoms with E-state index in [1.165, 1.54) is 24.1 Å². The lowest BCUT2D eigenvalue weighted by atomic mass is 9.94. The highest BCUT2D eigenvalue weighted by molar-refractivity contribution is 5.61. The minimum absolute atomic E-state index is 0.300. The van der Waals surface area contributed by atoms with Gasteiger partial charge in [0.25, 0.3) is 0 Å². The van der Waals surface area contributed by atoms with Crippen molar-refractivity contribution in [3.63, 3.8) is 0 Å². The van der Waals surface area contributed by atoms with Gasteiger partial charge >= 0.3 is 0 Å². The molecule has 1 fully saturated rings. The van der Waals surface area contributed by atoms with Crippen molar-refractivity contribution in [2.75, 3.05) is 30.3 Å². The molecule has 0 bridgehead atoms. The van der Waals surface area contributed by atoms with Gasteiger partial charge in [0, 0.05) is 31.1 Å². The van der Waals surface area contributed by atoms with Crippen molar-refractivity contribution in [1.29, 1.82) is 0 Å². The molecule has 3 N–H and O–H groups in total. The normalized spacial score (nSPS) is 20.6. The third kappa shape index (κ3) is 2.91. The second kappa shape index (κ2) is 5.41. The molecule has 1 unspecified atom stereocenters. The summed E-state index contributed by atoms with van der Waals surface area (Å²) in [6.45, 7) is 4.58. The van der Waals surface area contributed by atoms with E-state index in [0.717, 1.165) is 25.2 Å². The summed E-state index contributed by atoms with van der Waals surface area (Å²) in [6.07, 6.45) is 3.36. The van der Waals surface area contributed by atoms with Crippen LogP contribution in [-0.2, 0) is 0 Å². The van der Waals surface area contributed by atoms with Gasteiger partial charge in [0.1, 0.15) is 0 Å². The second-order valence-corrected chi connectivity index (χ2v) is 5.01. The SMILES string of the molecule is Cc1ccc(N)cc1N1CCCC(CCO)C1. The highest BCUT2D eigenvalue weighted by Gasteiger charge is 2.20. The Morgan fingerprint density at radius 3 is 3.06 bits per heavy atom. The van der Waals surface area contributed by atoms with E-state index in [9.17, 15) is 0 Å². The summed E-state index contributed by atoms with van der Waals surface area (Å²) in [5.74, 6) is 0.620. The van der Waals surface area contributed by atoms with Gasteiger partial charge in [-0.1, -0.05) is 6.07 Å². The number of rotatable bonds is 3. The van der Waals surface area contributed by atoms with Crippen molar-refractivity contribution in [3.05, 3.63) is 23.8 Å². The lowest BCUT2D eigenvalue weighted by Crippen LogP contribution is -2.36. The topological polar surface area (TPSA) is 49.5 Å². The van der Waals surface area contributed by atoms with Gasteiger partial charge in [0.2, 0.25) is 0 Å². The van der Waals surface area contributed by atoms with Crippen molar-refractivity contribution >= 4 is 11.4 Å². The van der Waals surface area contributed by atoms with Crippen molar-refractivity contribution in [1.82, 2.24) is 0 Å². The fraction of sp³-hybridized carbons (Fsp3) is 0.571. The Labute approximate surface area is 103 Å². The standard InChI is InChI=1S/C14H22N2O/c1-11-4-5-13(15)9-14(11)16-7-2-3-12(10-16)6-8-17/h4-5,9,12,17H,2-3,6-8,10,15H2,1H3. The molecular weight excluding hydrogens is 212 g/mol. The van der Waals surface area contributed by atoms with E-state index >= 15 is 0 Å². The summed E-state index contributed by atoms with van der Waals surface area (Å²) in [4.78, 5) is 2.41. The van der Waals surface area contributed by atoms with E-state index in [1.807, 2.05) is 6.07 Å². The Morgan fingerprint density at radius 1 is 1.47 bits per heavy atom. The Morgan fingerprint density at radius 2 is 2.29 bits per heavy atom. The Balaban J connectivity index is 2.13. The number of aliphatic hydroxyl groups is 1. The molecule has 1 heterocycles. The first-order valence-electron chi connectivity index (χ1n) is 6.42. The Bertz CT molecular complexity index is 376. The van der Waals surface area contributed by atoms with Crippen molar-refractivity contribution < 1.29 is 5.11 Å². The number of aryl methyl sites for hydroxylation is 1. The van der Waals surface area contributed by atoms with E-state index in [0.29, 0.717) is 12.5 Å². The molecule has 3 nitrogen and oxygen atoms in total. The fourth-order valence-corrected chi connectivity index (χ4v) is 2.67. The largest absolute Gasteiger partial charge is 0.399 e. The first-order valence-corrected chi connectivity index (χ1v) is 6.42. The van der Waals surface area contributed by atoms with E-state index in [1.54, 1.807) is 0 Å². The summed E-state index contributed by atoms with van der Waals surface area (Å²) in [5, 5.41) is 9.04. The minimum Gasteiger partial charge on any atom is -0.399 e. The molecule has 2 rings (SSSR count). The van der Waals surface area contributed by atoms with Crippen LogP contribution in [0.15, 0.2) is 18.2 Å². The number of aliphatic hydroxyl groups excluding tert-OH is 1. The molecule has 0 amide bonds. The van der Waals surface area contributed by atoms with Crippen LogP contribution in [-0.4, -0.2) is 24.8 Å². The third-order valence-electron chi connectivity index (χ3n) is 3.63. The average molecular weight is 234 g/mol. The van der Waals surface area contributed by atoms with E-state index in [2.05, 4.69) is 24.0 Å². The molecule has 0 saturated carbocycles. The third-order valence-corrected chi connectivity index (χ3v) is 3.63. The lowest BCUT2D eigenvalue weighted by Gasteiger charge is -2.35. The van der Waals surface area contributed by atoms with Gasteiger partial charge in [-0.2, -0.15) is 0 Å². The molecule has 1 aliphatic heterocycles. The molecule has 0 spiro atoms. The van der Waals surface area contributed by atoms with E-state index in [-0.39, 0.29) is 0 Å². The molecule has 0 aromatic heterocycles. The van der Waals surface area contributed by atoms with Gasteiger partial charge in [-0.05, 0) is 49.8 Å².